The fourth-order valence-corrected chi connectivity index (χ4v) is 5.44. The fourth-order valence-electron chi connectivity index (χ4n) is 5.44. The Labute approximate surface area is 251 Å². The summed E-state index contributed by atoms with van der Waals surface area (Å²) in [7, 11) is 0. The minimum Gasteiger partial charge on any atom is -0.361 e. The number of aromatic nitrogens is 1. The summed E-state index contributed by atoms with van der Waals surface area (Å²) in [6.45, 7) is 12.3. The summed E-state index contributed by atoms with van der Waals surface area (Å²) in [6, 6.07) is 24.3. The van der Waals surface area contributed by atoms with E-state index in [0.29, 0.717) is 19.6 Å². The van der Waals surface area contributed by atoms with E-state index in [0.717, 1.165) is 47.2 Å². The third kappa shape index (κ3) is 7.81. The van der Waals surface area contributed by atoms with Crippen molar-refractivity contribution in [3.05, 3.63) is 101 Å². The summed E-state index contributed by atoms with van der Waals surface area (Å²) in [5.41, 5.74) is 6.45. The number of unbranched alkanes of at least 4 members (excludes halogenated alkanes) is 1. The average Bonchev–Trinajstić information content (AvgIpc) is 3.40. The number of aromatic amines is 1. The molecular weight excluding hydrogens is 520 g/mol. The fraction of sp³-hybridized carbons (Fsp3) is 0.389. The van der Waals surface area contributed by atoms with Crippen molar-refractivity contribution in [3.8, 4) is 0 Å². The summed E-state index contributed by atoms with van der Waals surface area (Å²) in [5.74, 6) is 0.470. The standard InChI is InChI=1S/C36H46N4O2/c1-6-7-21-40(36(42)38-35-30(26(2)3)17-13-18-31(35)27(4)5)25-34(41)39(24-28-14-9-8-10-15-28)22-20-29-23-37-33-19-12-11-16-32(29)33/h8-19,23,26-27,37H,6-7,20-22,24-25H2,1-5H3,(H,38,42). The first-order valence-electron chi connectivity index (χ1n) is 15.3. The number of H-pyrrole nitrogens is 1. The van der Waals surface area contributed by atoms with Crippen LogP contribution in [0.2, 0.25) is 0 Å². The van der Waals surface area contributed by atoms with E-state index in [2.05, 4.69) is 75.3 Å². The van der Waals surface area contributed by atoms with Crippen LogP contribution in [0.5, 0.6) is 0 Å². The largest absolute Gasteiger partial charge is 0.361 e. The SMILES string of the molecule is CCCCN(CC(=O)N(CCc1c[nH]c2ccccc12)Cc1ccccc1)C(=O)Nc1c(C(C)C)cccc1C(C)C. The zero-order valence-electron chi connectivity index (χ0n) is 25.8. The maximum absolute atomic E-state index is 13.9. The minimum absolute atomic E-state index is 0.0351. The van der Waals surface area contributed by atoms with Crippen LogP contribution < -0.4 is 5.32 Å². The van der Waals surface area contributed by atoms with Gasteiger partial charge in [0.25, 0.3) is 0 Å². The van der Waals surface area contributed by atoms with E-state index in [4.69, 9.17) is 0 Å². The number of rotatable bonds is 13. The maximum Gasteiger partial charge on any atom is 0.322 e. The molecule has 0 spiro atoms. The van der Waals surface area contributed by atoms with Crippen molar-refractivity contribution in [1.29, 1.82) is 0 Å². The predicted octanol–water partition coefficient (Wildman–Crippen LogP) is 8.32. The molecule has 222 valence electrons. The highest BCUT2D eigenvalue weighted by molar-refractivity contribution is 5.94. The van der Waals surface area contributed by atoms with Gasteiger partial charge in [0.1, 0.15) is 6.54 Å². The second-order valence-corrected chi connectivity index (χ2v) is 11.7. The van der Waals surface area contributed by atoms with E-state index < -0.39 is 0 Å². The summed E-state index contributed by atoms with van der Waals surface area (Å²) in [4.78, 5) is 34.7. The van der Waals surface area contributed by atoms with Gasteiger partial charge in [0.05, 0.1) is 0 Å². The normalized spacial score (nSPS) is 11.3. The second kappa shape index (κ2) is 14.7. The Kier molecular flexibility index (Phi) is 10.8. The van der Waals surface area contributed by atoms with Crippen molar-refractivity contribution in [2.75, 3.05) is 25.0 Å². The Bertz CT molecular complexity index is 1430. The van der Waals surface area contributed by atoms with Crippen molar-refractivity contribution in [2.45, 2.75) is 72.3 Å². The molecule has 0 saturated carbocycles. The lowest BCUT2D eigenvalue weighted by Crippen LogP contribution is -2.45. The van der Waals surface area contributed by atoms with Crippen LogP contribution in [0.15, 0.2) is 79.0 Å². The molecule has 4 aromatic rings. The summed E-state index contributed by atoms with van der Waals surface area (Å²) in [5, 5.41) is 4.41. The molecule has 1 aromatic heterocycles. The monoisotopic (exact) mass is 566 g/mol. The molecule has 6 heteroatoms. The van der Waals surface area contributed by atoms with Crippen molar-refractivity contribution in [2.24, 2.45) is 0 Å². The van der Waals surface area contributed by atoms with E-state index in [9.17, 15) is 9.59 Å². The van der Waals surface area contributed by atoms with Gasteiger partial charge in [-0.05, 0) is 53.0 Å². The number of hydrogen-bond acceptors (Lipinski definition) is 2. The van der Waals surface area contributed by atoms with Gasteiger partial charge in [-0.15, -0.1) is 0 Å². The molecule has 3 aromatic carbocycles. The number of fused-ring (bicyclic) bond motifs is 1. The van der Waals surface area contributed by atoms with Gasteiger partial charge in [0.2, 0.25) is 5.91 Å². The van der Waals surface area contributed by atoms with Crippen LogP contribution in [0.25, 0.3) is 10.9 Å². The van der Waals surface area contributed by atoms with E-state index >= 15 is 0 Å². The van der Waals surface area contributed by atoms with Gasteiger partial charge >= 0.3 is 6.03 Å². The molecular formula is C36H46N4O2. The molecule has 0 unspecified atom stereocenters. The lowest BCUT2D eigenvalue weighted by Gasteiger charge is -2.29. The molecule has 6 nitrogen and oxygen atoms in total. The summed E-state index contributed by atoms with van der Waals surface area (Å²) < 4.78 is 0. The molecule has 0 aliphatic rings. The minimum atomic E-state index is -0.219. The van der Waals surface area contributed by atoms with Crippen LogP contribution in [0, 0.1) is 0 Å². The molecule has 0 fully saturated rings. The molecule has 2 N–H and O–H groups in total. The lowest BCUT2D eigenvalue weighted by atomic mass is 9.93. The molecule has 0 aliphatic carbocycles. The highest BCUT2D eigenvalue weighted by Gasteiger charge is 2.24. The number of para-hydroxylation sites is 2. The number of nitrogens with zero attached hydrogens (tertiary/aromatic N) is 2. The highest BCUT2D eigenvalue weighted by Crippen LogP contribution is 2.32. The van der Waals surface area contributed by atoms with Crippen molar-refractivity contribution in [1.82, 2.24) is 14.8 Å². The molecule has 0 atom stereocenters. The van der Waals surface area contributed by atoms with Gasteiger partial charge in [0, 0.05) is 42.4 Å². The van der Waals surface area contributed by atoms with Crippen LogP contribution in [0.4, 0.5) is 10.5 Å². The van der Waals surface area contributed by atoms with E-state index in [1.165, 1.54) is 10.9 Å². The molecule has 0 radical (unpaired) electrons. The Balaban J connectivity index is 1.56. The molecule has 0 bridgehead atoms. The van der Waals surface area contributed by atoms with Gasteiger partial charge < -0.3 is 20.1 Å². The Morgan fingerprint density at radius 3 is 2.14 bits per heavy atom. The molecule has 42 heavy (non-hydrogen) atoms. The predicted molar refractivity (Wildman–Crippen MR) is 174 cm³/mol. The first kappa shape index (κ1) is 30.9. The van der Waals surface area contributed by atoms with Gasteiger partial charge in [-0.1, -0.05) is 108 Å². The van der Waals surface area contributed by atoms with Gasteiger partial charge in [-0.2, -0.15) is 0 Å². The number of hydrogen-bond donors (Lipinski definition) is 2. The molecule has 0 aliphatic heterocycles. The zero-order valence-corrected chi connectivity index (χ0v) is 25.8. The number of amides is 3. The molecule has 3 amide bonds. The van der Waals surface area contributed by atoms with Crippen LogP contribution in [-0.4, -0.2) is 46.4 Å². The first-order chi connectivity index (χ1) is 20.3. The van der Waals surface area contributed by atoms with Gasteiger partial charge in [-0.3, -0.25) is 4.79 Å². The van der Waals surface area contributed by atoms with E-state index in [-0.39, 0.29) is 30.3 Å². The number of benzene rings is 3. The number of anilines is 1. The lowest BCUT2D eigenvalue weighted by molar-refractivity contribution is -0.132. The van der Waals surface area contributed by atoms with Crippen molar-refractivity contribution < 1.29 is 9.59 Å². The summed E-state index contributed by atoms with van der Waals surface area (Å²) in [6.07, 6.45) is 4.53. The van der Waals surface area contributed by atoms with Gasteiger partial charge in [0.15, 0.2) is 0 Å². The van der Waals surface area contributed by atoms with Crippen LogP contribution in [0.1, 0.15) is 81.5 Å². The van der Waals surface area contributed by atoms with Crippen molar-refractivity contribution in [3.63, 3.8) is 0 Å². The smallest absolute Gasteiger partial charge is 0.322 e. The van der Waals surface area contributed by atoms with Crippen LogP contribution in [-0.2, 0) is 17.8 Å². The third-order valence-electron chi connectivity index (χ3n) is 7.89. The Morgan fingerprint density at radius 1 is 0.810 bits per heavy atom. The Hall–Kier alpha value is -4.06. The van der Waals surface area contributed by atoms with Crippen LogP contribution in [0.3, 0.4) is 0 Å². The van der Waals surface area contributed by atoms with Crippen molar-refractivity contribution >= 4 is 28.5 Å². The topological polar surface area (TPSA) is 68.4 Å². The first-order valence-corrected chi connectivity index (χ1v) is 15.3. The third-order valence-corrected chi connectivity index (χ3v) is 7.89. The molecule has 4 rings (SSSR count). The van der Waals surface area contributed by atoms with Gasteiger partial charge in [-0.25, -0.2) is 4.79 Å². The zero-order chi connectivity index (χ0) is 30.1. The Morgan fingerprint density at radius 2 is 1.48 bits per heavy atom. The van der Waals surface area contributed by atoms with Crippen LogP contribution >= 0.6 is 0 Å². The second-order valence-electron chi connectivity index (χ2n) is 11.7. The quantitative estimate of drug-likeness (QED) is 0.171. The maximum atomic E-state index is 13.9. The van der Waals surface area contributed by atoms with E-state index in [1.807, 2.05) is 53.6 Å². The number of urea groups is 1. The number of nitrogens with one attached hydrogen (secondary N) is 2. The number of carbonyl (C=O) groups is 2. The molecule has 0 saturated heterocycles. The van der Waals surface area contributed by atoms with E-state index in [1.54, 1.807) is 4.90 Å². The highest BCUT2D eigenvalue weighted by atomic mass is 16.2. The number of carbonyl (C=O) groups excluding carboxylic acids is 2. The summed E-state index contributed by atoms with van der Waals surface area (Å²) >= 11 is 0. The molecule has 1 heterocycles. The average molecular weight is 567 g/mol.